The highest BCUT2D eigenvalue weighted by Gasteiger charge is 2.23. The van der Waals surface area contributed by atoms with Gasteiger partial charge in [-0.3, -0.25) is 14.9 Å². The molecule has 0 N–H and O–H groups in total. The molecule has 0 atom stereocenters. The maximum absolute atomic E-state index is 12.5. The molecule has 0 aliphatic rings. The molecule has 1 aromatic heterocycles. The van der Waals surface area contributed by atoms with Crippen molar-refractivity contribution in [3.63, 3.8) is 0 Å². The SMILES string of the molecule is CN(Cc1nnc(-c2ccccc2)o1)C(=O)c1ccccc1[N+](=O)[O-]. The minimum atomic E-state index is -0.582. The van der Waals surface area contributed by atoms with Crippen molar-refractivity contribution >= 4 is 11.6 Å². The Hall–Kier alpha value is -3.55. The molecule has 0 bridgehead atoms. The number of nitro benzene ring substituents is 1. The smallest absolute Gasteiger partial charge is 0.282 e. The molecular weight excluding hydrogens is 324 g/mol. The summed E-state index contributed by atoms with van der Waals surface area (Å²) in [4.78, 5) is 24.3. The van der Waals surface area contributed by atoms with Crippen LogP contribution in [0.4, 0.5) is 5.69 Å². The van der Waals surface area contributed by atoms with Gasteiger partial charge in [-0.05, 0) is 18.2 Å². The second-order valence-electron chi connectivity index (χ2n) is 5.30. The second kappa shape index (κ2) is 6.91. The zero-order valence-electron chi connectivity index (χ0n) is 13.3. The zero-order valence-corrected chi connectivity index (χ0v) is 13.3. The molecular formula is C17H14N4O4. The van der Waals surface area contributed by atoms with Crippen LogP contribution in [0.3, 0.4) is 0 Å². The van der Waals surface area contributed by atoms with Crippen molar-refractivity contribution in [2.24, 2.45) is 0 Å². The van der Waals surface area contributed by atoms with Gasteiger partial charge in [-0.25, -0.2) is 0 Å². The van der Waals surface area contributed by atoms with E-state index in [2.05, 4.69) is 10.2 Å². The summed E-state index contributed by atoms with van der Waals surface area (Å²) in [5, 5.41) is 18.9. The zero-order chi connectivity index (χ0) is 17.8. The summed E-state index contributed by atoms with van der Waals surface area (Å²) in [5.41, 5.74) is 0.543. The third kappa shape index (κ3) is 3.52. The van der Waals surface area contributed by atoms with E-state index in [1.165, 1.54) is 30.1 Å². The summed E-state index contributed by atoms with van der Waals surface area (Å²) < 4.78 is 5.55. The van der Waals surface area contributed by atoms with Gasteiger partial charge in [0.15, 0.2) is 0 Å². The fourth-order valence-electron chi connectivity index (χ4n) is 2.31. The van der Waals surface area contributed by atoms with Crippen molar-refractivity contribution in [2.45, 2.75) is 6.54 Å². The molecule has 126 valence electrons. The number of hydrogen-bond donors (Lipinski definition) is 0. The van der Waals surface area contributed by atoms with Crippen LogP contribution in [-0.2, 0) is 6.54 Å². The van der Waals surface area contributed by atoms with E-state index in [1.54, 1.807) is 6.07 Å². The predicted molar refractivity (Wildman–Crippen MR) is 88.6 cm³/mol. The standard InChI is InChI=1S/C17H14N4O4/c1-20(17(22)13-9-5-6-10-14(13)21(23)24)11-15-18-19-16(25-15)12-7-3-2-4-8-12/h2-10H,11H2,1H3. The quantitative estimate of drug-likeness (QED) is 0.523. The number of para-hydroxylation sites is 1. The lowest BCUT2D eigenvalue weighted by Crippen LogP contribution is -2.27. The molecule has 3 rings (SSSR count). The van der Waals surface area contributed by atoms with Crippen LogP contribution >= 0.6 is 0 Å². The normalized spacial score (nSPS) is 10.4. The van der Waals surface area contributed by atoms with Crippen molar-refractivity contribution in [3.8, 4) is 11.5 Å². The van der Waals surface area contributed by atoms with Crippen molar-refractivity contribution in [1.82, 2.24) is 15.1 Å². The van der Waals surface area contributed by atoms with E-state index in [9.17, 15) is 14.9 Å². The van der Waals surface area contributed by atoms with Gasteiger partial charge in [0, 0.05) is 18.7 Å². The molecule has 8 heteroatoms. The number of rotatable bonds is 5. The van der Waals surface area contributed by atoms with E-state index >= 15 is 0 Å². The molecule has 25 heavy (non-hydrogen) atoms. The van der Waals surface area contributed by atoms with Crippen molar-refractivity contribution in [2.75, 3.05) is 7.05 Å². The Labute approximate surface area is 142 Å². The number of hydrogen-bond acceptors (Lipinski definition) is 6. The highest BCUT2D eigenvalue weighted by molar-refractivity contribution is 5.97. The first-order chi connectivity index (χ1) is 12.1. The van der Waals surface area contributed by atoms with E-state index in [4.69, 9.17) is 4.42 Å². The van der Waals surface area contributed by atoms with Crippen LogP contribution in [0.2, 0.25) is 0 Å². The van der Waals surface area contributed by atoms with Crippen LogP contribution < -0.4 is 0 Å². The van der Waals surface area contributed by atoms with Gasteiger partial charge in [-0.2, -0.15) is 0 Å². The molecule has 0 spiro atoms. The van der Waals surface area contributed by atoms with Gasteiger partial charge < -0.3 is 9.32 Å². The molecule has 3 aromatic rings. The van der Waals surface area contributed by atoms with Crippen molar-refractivity contribution in [3.05, 3.63) is 76.2 Å². The van der Waals surface area contributed by atoms with Crippen LogP contribution in [0.5, 0.6) is 0 Å². The monoisotopic (exact) mass is 338 g/mol. The van der Waals surface area contributed by atoms with Gasteiger partial charge in [-0.15, -0.1) is 10.2 Å². The second-order valence-corrected chi connectivity index (χ2v) is 5.30. The molecule has 1 amide bonds. The number of aromatic nitrogens is 2. The Morgan fingerprint density at radius 3 is 2.52 bits per heavy atom. The lowest BCUT2D eigenvalue weighted by atomic mass is 10.1. The van der Waals surface area contributed by atoms with E-state index in [-0.39, 0.29) is 23.7 Å². The molecule has 8 nitrogen and oxygen atoms in total. The highest BCUT2D eigenvalue weighted by atomic mass is 16.6. The number of carbonyl (C=O) groups excluding carboxylic acids is 1. The average molecular weight is 338 g/mol. The van der Waals surface area contributed by atoms with Crippen LogP contribution in [0.1, 0.15) is 16.2 Å². The first-order valence-electron chi connectivity index (χ1n) is 7.43. The van der Waals surface area contributed by atoms with Gasteiger partial charge in [0.2, 0.25) is 11.8 Å². The van der Waals surface area contributed by atoms with E-state index in [0.717, 1.165) is 5.56 Å². The predicted octanol–water partition coefficient (Wildman–Crippen LogP) is 2.92. The van der Waals surface area contributed by atoms with Gasteiger partial charge in [0.05, 0.1) is 11.5 Å². The Balaban J connectivity index is 1.77. The number of amides is 1. The fourth-order valence-corrected chi connectivity index (χ4v) is 2.31. The Kier molecular flexibility index (Phi) is 4.51. The summed E-state index contributed by atoms with van der Waals surface area (Å²) >= 11 is 0. The maximum atomic E-state index is 12.5. The Morgan fingerprint density at radius 2 is 1.80 bits per heavy atom. The Bertz CT molecular complexity index is 908. The minimum Gasteiger partial charge on any atom is -0.419 e. The van der Waals surface area contributed by atoms with Gasteiger partial charge in [0.25, 0.3) is 11.6 Å². The molecule has 0 aliphatic carbocycles. The molecule has 0 saturated carbocycles. The largest absolute Gasteiger partial charge is 0.419 e. The first kappa shape index (κ1) is 16.3. The number of carbonyl (C=O) groups is 1. The number of nitrogens with zero attached hydrogens (tertiary/aromatic N) is 4. The molecule has 0 aliphatic heterocycles. The van der Waals surface area contributed by atoms with Crippen molar-refractivity contribution < 1.29 is 14.1 Å². The average Bonchev–Trinajstić information content (AvgIpc) is 3.10. The third-order valence-corrected chi connectivity index (χ3v) is 3.54. The number of nitro groups is 1. The summed E-state index contributed by atoms with van der Waals surface area (Å²) in [6.45, 7) is 0.0463. The van der Waals surface area contributed by atoms with Gasteiger partial charge >= 0.3 is 0 Å². The summed E-state index contributed by atoms with van der Waals surface area (Å²) in [6.07, 6.45) is 0. The van der Waals surface area contributed by atoms with Crippen molar-refractivity contribution in [1.29, 1.82) is 0 Å². The highest BCUT2D eigenvalue weighted by Crippen LogP contribution is 2.21. The fraction of sp³-hybridized carbons (Fsp3) is 0.118. The molecule has 0 radical (unpaired) electrons. The van der Waals surface area contributed by atoms with Gasteiger partial charge in [-0.1, -0.05) is 30.3 Å². The molecule has 0 saturated heterocycles. The summed E-state index contributed by atoms with van der Waals surface area (Å²) in [7, 11) is 1.52. The van der Waals surface area contributed by atoms with Crippen LogP contribution in [0.25, 0.3) is 11.5 Å². The summed E-state index contributed by atoms with van der Waals surface area (Å²) in [6, 6.07) is 15.0. The lowest BCUT2D eigenvalue weighted by molar-refractivity contribution is -0.385. The molecule has 2 aromatic carbocycles. The van der Waals surface area contributed by atoms with Crippen LogP contribution in [-0.4, -0.2) is 33.0 Å². The summed E-state index contributed by atoms with van der Waals surface area (Å²) in [5.74, 6) is 0.0992. The first-order valence-corrected chi connectivity index (χ1v) is 7.43. The molecule has 0 unspecified atom stereocenters. The van der Waals surface area contributed by atoms with E-state index in [1.807, 2.05) is 30.3 Å². The minimum absolute atomic E-state index is 0.0119. The lowest BCUT2D eigenvalue weighted by Gasteiger charge is -2.14. The molecule has 0 fully saturated rings. The van der Waals surface area contributed by atoms with E-state index < -0.39 is 10.8 Å². The van der Waals surface area contributed by atoms with Crippen LogP contribution in [0.15, 0.2) is 59.0 Å². The maximum Gasteiger partial charge on any atom is 0.282 e. The van der Waals surface area contributed by atoms with Crippen LogP contribution in [0, 0.1) is 10.1 Å². The molecule has 1 heterocycles. The Morgan fingerprint density at radius 1 is 1.12 bits per heavy atom. The van der Waals surface area contributed by atoms with E-state index in [0.29, 0.717) is 5.89 Å². The number of benzene rings is 2. The third-order valence-electron chi connectivity index (χ3n) is 3.54. The topological polar surface area (TPSA) is 102 Å². The van der Waals surface area contributed by atoms with Gasteiger partial charge in [0.1, 0.15) is 5.56 Å².